The van der Waals surface area contributed by atoms with Crippen molar-refractivity contribution in [1.82, 2.24) is 4.90 Å². The molecule has 0 radical (unpaired) electrons. The van der Waals surface area contributed by atoms with Crippen LogP contribution in [0.25, 0.3) is 0 Å². The average Bonchev–Trinajstić information content (AvgIpc) is 2.35. The van der Waals surface area contributed by atoms with Gasteiger partial charge in [-0.3, -0.25) is 15.0 Å². The van der Waals surface area contributed by atoms with Crippen LogP contribution in [-0.4, -0.2) is 48.3 Å². The number of ether oxygens (including phenoxy) is 1. The van der Waals surface area contributed by atoms with Crippen LogP contribution in [0.1, 0.15) is 5.56 Å². The van der Waals surface area contributed by atoms with Gasteiger partial charge < -0.3 is 9.84 Å². The molecule has 0 saturated heterocycles. The van der Waals surface area contributed by atoms with Gasteiger partial charge in [-0.2, -0.15) is 0 Å². The van der Waals surface area contributed by atoms with Crippen molar-refractivity contribution in [3.05, 3.63) is 39.7 Å². The summed E-state index contributed by atoms with van der Waals surface area (Å²) >= 11 is 0. The van der Waals surface area contributed by atoms with Gasteiger partial charge in [-0.05, 0) is 11.6 Å². The van der Waals surface area contributed by atoms with Gasteiger partial charge in [0, 0.05) is 32.8 Å². The molecule has 0 unspecified atom stereocenters. The second kappa shape index (κ2) is 7.78. The van der Waals surface area contributed by atoms with Gasteiger partial charge in [-0.15, -0.1) is 0 Å². The molecular weight excluding hydrogens is 255 g/mol. The third-order valence-corrected chi connectivity index (χ3v) is 2.59. The van der Waals surface area contributed by atoms with Crippen molar-refractivity contribution in [2.75, 3.05) is 33.4 Å². The summed E-state index contributed by atoms with van der Waals surface area (Å²) in [5.74, 6) is -0.639. The predicted molar refractivity (Wildman–Crippen MR) is 67.3 cm³/mol. The Morgan fingerprint density at radius 1 is 1.42 bits per heavy atom. The summed E-state index contributed by atoms with van der Waals surface area (Å²) < 4.78 is 18.2. The highest BCUT2D eigenvalue weighted by Crippen LogP contribution is 2.17. The Morgan fingerprint density at radius 3 is 2.74 bits per heavy atom. The van der Waals surface area contributed by atoms with Crippen LogP contribution in [0.3, 0.4) is 0 Å². The van der Waals surface area contributed by atoms with Crippen LogP contribution in [-0.2, 0) is 11.3 Å². The maximum absolute atomic E-state index is 13.3. The van der Waals surface area contributed by atoms with E-state index in [2.05, 4.69) is 0 Å². The monoisotopic (exact) mass is 272 g/mol. The molecule has 0 spiro atoms. The van der Waals surface area contributed by atoms with Crippen molar-refractivity contribution < 1.29 is 19.2 Å². The van der Waals surface area contributed by atoms with Crippen molar-refractivity contribution in [2.45, 2.75) is 6.54 Å². The van der Waals surface area contributed by atoms with Gasteiger partial charge >= 0.3 is 0 Å². The van der Waals surface area contributed by atoms with Crippen LogP contribution in [0.4, 0.5) is 10.1 Å². The number of non-ortho nitro benzene ring substituents is 1. The van der Waals surface area contributed by atoms with Gasteiger partial charge in [0.2, 0.25) is 0 Å². The maximum atomic E-state index is 13.3. The minimum atomic E-state index is -0.639. The average molecular weight is 272 g/mol. The lowest BCUT2D eigenvalue weighted by Crippen LogP contribution is -2.29. The van der Waals surface area contributed by atoms with E-state index in [1.165, 1.54) is 12.1 Å². The predicted octanol–water partition coefficient (Wildman–Crippen LogP) is 1.17. The number of aliphatic hydroxyl groups is 1. The Labute approximate surface area is 110 Å². The topological polar surface area (TPSA) is 75.8 Å². The Bertz CT molecular complexity index is 428. The molecule has 7 heteroatoms. The molecule has 0 heterocycles. The first-order valence-corrected chi connectivity index (χ1v) is 5.83. The molecule has 0 aliphatic carbocycles. The molecule has 19 heavy (non-hydrogen) atoms. The molecule has 0 bridgehead atoms. The number of hydrogen-bond donors (Lipinski definition) is 1. The van der Waals surface area contributed by atoms with E-state index in [-0.39, 0.29) is 12.3 Å². The molecule has 1 N–H and O–H groups in total. The van der Waals surface area contributed by atoms with E-state index in [0.29, 0.717) is 31.8 Å². The fraction of sp³-hybridized carbons (Fsp3) is 0.500. The van der Waals surface area contributed by atoms with Gasteiger partial charge in [0.25, 0.3) is 5.69 Å². The molecule has 0 amide bonds. The van der Waals surface area contributed by atoms with Gasteiger partial charge in [0.15, 0.2) is 0 Å². The van der Waals surface area contributed by atoms with Crippen molar-refractivity contribution in [3.63, 3.8) is 0 Å². The number of rotatable bonds is 8. The zero-order valence-corrected chi connectivity index (χ0v) is 10.7. The molecule has 0 aliphatic rings. The van der Waals surface area contributed by atoms with E-state index >= 15 is 0 Å². The van der Waals surface area contributed by atoms with Crippen LogP contribution in [0.2, 0.25) is 0 Å². The highest BCUT2D eigenvalue weighted by molar-refractivity contribution is 5.35. The lowest BCUT2D eigenvalue weighted by Gasteiger charge is -2.20. The molecular formula is C12H17FN2O4. The van der Waals surface area contributed by atoms with E-state index < -0.39 is 10.7 Å². The first kappa shape index (κ1) is 15.5. The van der Waals surface area contributed by atoms with E-state index in [9.17, 15) is 14.5 Å². The SMILES string of the molecule is COCCN(CCO)Cc1cc(F)cc([N+](=O)[O-])c1. The first-order chi connectivity index (χ1) is 9.06. The van der Waals surface area contributed by atoms with Crippen molar-refractivity contribution in [2.24, 2.45) is 0 Å². The van der Waals surface area contributed by atoms with Gasteiger partial charge in [0.05, 0.1) is 24.2 Å². The summed E-state index contributed by atoms with van der Waals surface area (Å²) in [6, 6.07) is 3.47. The van der Waals surface area contributed by atoms with Crippen molar-refractivity contribution in [3.8, 4) is 0 Å². The highest BCUT2D eigenvalue weighted by atomic mass is 19.1. The van der Waals surface area contributed by atoms with E-state index in [1.54, 1.807) is 7.11 Å². The van der Waals surface area contributed by atoms with Crippen LogP contribution < -0.4 is 0 Å². The quantitative estimate of drug-likeness (QED) is 0.568. The van der Waals surface area contributed by atoms with Crippen LogP contribution in [0, 0.1) is 15.9 Å². The van der Waals surface area contributed by atoms with Gasteiger partial charge in [0.1, 0.15) is 5.82 Å². The second-order valence-corrected chi connectivity index (χ2v) is 4.07. The number of aliphatic hydroxyl groups excluding tert-OH is 1. The number of benzene rings is 1. The molecule has 6 nitrogen and oxygen atoms in total. The minimum Gasteiger partial charge on any atom is -0.395 e. The number of hydrogen-bond acceptors (Lipinski definition) is 5. The summed E-state index contributed by atoms with van der Waals surface area (Å²) in [5.41, 5.74) is 0.224. The Balaban J connectivity index is 2.79. The smallest absolute Gasteiger partial charge is 0.272 e. The summed E-state index contributed by atoms with van der Waals surface area (Å²) in [7, 11) is 1.56. The maximum Gasteiger partial charge on any atom is 0.272 e. The zero-order chi connectivity index (χ0) is 14.3. The number of methoxy groups -OCH3 is 1. The minimum absolute atomic E-state index is 0.0406. The molecule has 0 atom stereocenters. The summed E-state index contributed by atoms with van der Waals surface area (Å²) in [6.45, 7) is 1.70. The van der Waals surface area contributed by atoms with Gasteiger partial charge in [-0.25, -0.2) is 4.39 Å². The standard InChI is InChI=1S/C12H17FN2O4/c1-19-5-3-14(2-4-16)9-10-6-11(13)8-12(7-10)15(17)18/h6-8,16H,2-5,9H2,1H3. The molecule has 1 rings (SSSR count). The third-order valence-electron chi connectivity index (χ3n) is 2.59. The molecule has 1 aromatic carbocycles. The highest BCUT2D eigenvalue weighted by Gasteiger charge is 2.12. The Kier molecular flexibility index (Phi) is 6.34. The van der Waals surface area contributed by atoms with Crippen LogP contribution >= 0.6 is 0 Å². The van der Waals surface area contributed by atoms with E-state index in [0.717, 1.165) is 6.07 Å². The molecule has 106 valence electrons. The zero-order valence-electron chi connectivity index (χ0n) is 10.7. The number of nitro benzene ring substituents is 1. The Morgan fingerprint density at radius 2 is 2.16 bits per heavy atom. The van der Waals surface area contributed by atoms with Crippen molar-refractivity contribution in [1.29, 1.82) is 0 Å². The number of nitro groups is 1. The number of nitrogens with zero attached hydrogens (tertiary/aromatic N) is 2. The third kappa shape index (κ3) is 5.29. The lowest BCUT2D eigenvalue weighted by molar-refractivity contribution is -0.385. The van der Waals surface area contributed by atoms with E-state index in [1.807, 2.05) is 4.90 Å². The number of halogens is 1. The summed E-state index contributed by atoms with van der Waals surface area (Å²) in [5, 5.41) is 19.6. The van der Waals surface area contributed by atoms with Crippen molar-refractivity contribution >= 4 is 5.69 Å². The first-order valence-electron chi connectivity index (χ1n) is 5.83. The molecule has 0 fully saturated rings. The lowest BCUT2D eigenvalue weighted by atomic mass is 10.2. The normalized spacial score (nSPS) is 10.9. The van der Waals surface area contributed by atoms with Gasteiger partial charge in [-0.1, -0.05) is 0 Å². The largest absolute Gasteiger partial charge is 0.395 e. The van der Waals surface area contributed by atoms with Crippen LogP contribution in [0.5, 0.6) is 0 Å². The molecule has 1 aromatic rings. The molecule has 0 saturated carbocycles. The fourth-order valence-electron chi connectivity index (χ4n) is 1.72. The summed E-state index contributed by atoms with van der Waals surface area (Å²) in [6.07, 6.45) is 0. The second-order valence-electron chi connectivity index (χ2n) is 4.07. The fourth-order valence-corrected chi connectivity index (χ4v) is 1.72. The molecule has 0 aromatic heterocycles. The Hall–Kier alpha value is -1.57. The molecule has 0 aliphatic heterocycles. The summed E-state index contributed by atoms with van der Waals surface area (Å²) in [4.78, 5) is 11.9. The van der Waals surface area contributed by atoms with Crippen LogP contribution in [0.15, 0.2) is 18.2 Å². The van der Waals surface area contributed by atoms with E-state index in [4.69, 9.17) is 9.84 Å².